The van der Waals surface area contributed by atoms with Crippen molar-refractivity contribution in [2.75, 3.05) is 35.9 Å². The summed E-state index contributed by atoms with van der Waals surface area (Å²) in [5, 5.41) is 47.9. The van der Waals surface area contributed by atoms with Crippen LogP contribution in [0.5, 0.6) is 28.7 Å². The average Bonchev–Trinajstić information content (AvgIpc) is 3.24. The van der Waals surface area contributed by atoms with Crippen LogP contribution in [0.25, 0.3) is 6.08 Å². The topological polar surface area (TPSA) is 271 Å². The van der Waals surface area contributed by atoms with E-state index in [4.69, 9.17) is 9.47 Å². The zero-order valence-electron chi connectivity index (χ0n) is 34.3. The maximum Gasteiger partial charge on any atom is 0.259 e. The Kier molecular flexibility index (Phi) is 14.6. The molecule has 4 aromatic carbocycles. The molecule has 0 radical (unpaired) electrons. The molecule has 0 aliphatic rings. The van der Waals surface area contributed by atoms with Gasteiger partial charge in [0.05, 0.1) is 65.8 Å². The molecule has 63 heavy (non-hydrogen) atoms. The fourth-order valence-electron chi connectivity index (χ4n) is 6.16. The summed E-state index contributed by atoms with van der Waals surface area (Å²) in [6.07, 6.45) is 2.21. The Hall–Kier alpha value is -8.04. The van der Waals surface area contributed by atoms with Gasteiger partial charge in [0.1, 0.15) is 5.75 Å². The van der Waals surface area contributed by atoms with Crippen LogP contribution in [-0.2, 0) is 25.8 Å². The third-order valence-electron chi connectivity index (χ3n) is 9.55. The summed E-state index contributed by atoms with van der Waals surface area (Å²) >= 11 is 0. The van der Waals surface area contributed by atoms with E-state index in [2.05, 4.69) is 20.9 Å². The van der Waals surface area contributed by atoms with Crippen molar-refractivity contribution < 1.29 is 57.2 Å². The molecule has 5 rings (SSSR count). The van der Waals surface area contributed by atoms with E-state index in [9.17, 15) is 53.0 Å². The Labute approximate surface area is 361 Å². The van der Waals surface area contributed by atoms with Crippen LogP contribution in [0.15, 0.2) is 102 Å². The number of carbonyl (C=O) groups is 5. The molecule has 17 nitrogen and oxygen atoms in total. The number of amides is 3. The summed E-state index contributed by atoms with van der Waals surface area (Å²) in [7, 11) is -1.69. The van der Waals surface area contributed by atoms with Crippen molar-refractivity contribution in [1.29, 1.82) is 5.26 Å². The highest BCUT2D eigenvalue weighted by Gasteiger charge is 2.28. The van der Waals surface area contributed by atoms with Crippen molar-refractivity contribution in [3.63, 3.8) is 0 Å². The maximum atomic E-state index is 13.3. The number of allylic oxidation sites excluding steroid dienone is 1. The highest BCUT2D eigenvalue weighted by Crippen LogP contribution is 2.40. The van der Waals surface area contributed by atoms with Crippen LogP contribution in [0.4, 0.5) is 17.1 Å². The van der Waals surface area contributed by atoms with E-state index in [1.807, 2.05) is 6.07 Å². The molecule has 0 aliphatic carbocycles. The molecule has 0 unspecified atom stereocenters. The lowest BCUT2D eigenvalue weighted by Gasteiger charge is -2.16. The number of anilines is 3. The van der Waals surface area contributed by atoms with Gasteiger partial charge in [-0.1, -0.05) is 12.1 Å². The fraction of sp³-hybridized carbons (Fsp3) is 0.178. The average molecular weight is 876 g/mol. The van der Waals surface area contributed by atoms with Crippen molar-refractivity contribution in [1.82, 2.24) is 4.98 Å². The van der Waals surface area contributed by atoms with E-state index in [0.717, 1.165) is 6.20 Å². The summed E-state index contributed by atoms with van der Waals surface area (Å²) in [6.45, 7) is 2.88. The number of nitrogens with zero attached hydrogens (tertiary/aromatic N) is 2. The standard InChI is InChI=1S/C45H41N5O12S/c1-25(21-27-5-12-32(52)13-6-27)38(53)22-31-11-14-33(23-47-31)63(59,60)24-29(19-20-46)44(57)48-30-9-7-28(8-10-30)43(56)49-36-18-16-35(40(55)42(36)62-4)45(58)50-37-17-15-34(26(2)51)39(54)41(37)61-3/h5-18,21,23,29,52,54-55H,19,22,24H2,1-4H3,(H,48,57)(H,49,56)(H,50,58)/b25-21+/t29-/m1/s1. The highest BCUT2D eigenvalue weighted by atomic mass is 32.2. The first-order valence-electron chi connectivity index (χ1n) is 18.9. The molecule has 324 valence electrons. The molecule has 6 N–H and O–H groups in total. The molecule has 0 fully saturated rings. The van der Waals surface area contributed by atoms with Crippen molar-refractivity contribution in [2.24, 2.45) is 5.92 Å². The number of pyridine rings is 1. The second kappa shape index (κ2) is 20.0. The second-order valence-corrected chi connectivity index (χ2v) is 16.0. The van der Waals surface area contributed by atoms with Crippen LogP contribution < -0.4 is 25.4 Å². The van der Waals surface area contributed by atoms with E-state index in [0.29, 0.717) is 16.8 Å². The van der Waals surface area contributed by atoms with Gasteiger partial charge < -0.3 is 40.7 Å². The van der Waals surface area contributed by atoms with Gasteiger partial charge in [0.25, 0.3) is 11.8 Å². The van der Waals surface area contributed by atoms with Gasteiger partial charge in [-0.25, -0.2) is 8.42 Å². The number of aromatic hydroxyl groups is 3. The first-order chi connectivity index (χ1) is 30.0. The predicted octanol–water partition coefficient (Wildman–Crippen LogP) is 6.08. The number of carbonyl (C=O) groups excluding carboxylic acids is 5. The molecular weight excluding hydrogens is 835 g/mol. The fourth-order valence-corrected chi connectivity index (χ4v) is 7.64. The van der Waals surface area contributed by atoms with Gasteiger partial charge in [-0.2, -0.15) is 5.26 Å². The van der Waals surface area contributed by atoms with Crippen molar-refractivity contribution in [3.05, 3.63) is 125 Å². The van der Waals surface area contributed by atoms with Gasteiger partial charge in [0.2, 0.25) is 5.91 Å². The van der Waals surface area contributed by atoms with Crippen LogP contribution in [-0.4, -0.2) is 78.0 Å². The minimum atomic E-state index is -4.13. The Morgan fingerprint density at radius 1 is 0.762 bits per heavy atom. The van der Waals surface area contributed by atoms with Gasteiger partial charge in [-0.3, -0.25) is 29.0 Å². The first-order valence-corrected chi connectivity index (χ1v) is 20.5. The second-order valence-electron chi connectivity index (χ2n) is 14.0. The van der Waals surface area contributed by atoms with Gasteiger partial charge in [-0.15, -0.1) is 0 Å². The van der Waals surface area contributed by atoms with Crippen LogP contribution in [0.3, 0.4) is 0 Å². The lowest BCUT2D eigenvalue weighted by atomic mass is 10.0. The lowest BCUT2D eigenvalue weighted by Crippen LogP contribution is -2.29. The molecule has 0 saturated carbocycles. The van der Waals surface area contributed by atoms with Gasteiger partial charge in [0, 0.05) is 29.6 Å². The number of aromatic nitrogens is 1. The lowest BCUT2D eigenvalue weighted by molar-refractivity contribution is -0.119. The third kappa shape index (κ3) is 11.2. The normalized spacial score (nSPS) is 11.7. The van der Waals surface area contributed by atoms with Gasteiger partial charge >= 0.3 is 0 Å². The molecule has 0 aliphatic heterocycles. The number of hydrogen-bond donors (Lipinski definition) is 6. The number of nitriles is 1. The van der Waals surface area contributed by atoms with E-state index in [-0.39, 0.29) is 68.1 Å². The molecule has 1 aromatic heterocycles. The molecule has 3 amide bonds. The van der Waals surface area contributed by atoms with Crippen LogP contribution >= 0.6 is 0 Å². The number of nitrogens with one attached hydrogen (secondary N) is 3. The van der Waals surface area contributed by atoms with E-state index < -0.39 is 62.9 Å². The minimum absolute atomic E-state index is 0.00453. The number of hydrogen-bond acceptors (Lipinski definition) is 14. The minimum Gasteiger partial charge on any atom is -0.508 e. The molecule has 5 aromatic rings. The Morgan fingerprint density at radius 2 is 1.35 bits per heavy atom. The van der Waals surface area contributed by atoms with Crippen LogP contribution in [0.1, 0.15) is 62.6 Å². The number of Topliss-reactive ketones (excluding diaryl/α,β-unsaturated/α-hetero) is 2. The smallest absolute Gasteiger partial charge is 0.259 e. The SMILES string of the molecule is COc1c(NC(=O)c2ccc(NC(=O)c3ccc(NC(=O)[C@H](CC#N)CS(=O)(=O)c4ccc(CC(=O)/C(C)=C/c5ccc(O)cc5)nc4)cc3)c(OC)c2O)ccc(C(C)=O)c1O. The van der Waals surface area contributed by atoms with Crippen molar-refractivity contribution in [2.45, 2.75) is 31.6 Å². The Morgan fingerprint density at radius 3 is 1.90 bits per heavy atom. The van der Waals surface area contributed by atoms with E-state index in [1.165, 1.54) is 93.9 Å². The first kappa shape index (κ1) is 46.0. The zero-order chi connectivity index (χ0) is 46.0. The number of ether oxygens (including phenoxy) is 2. The molecule has 1 heterocycles. The monoisotopic (exact) mass is 875 g/mol. The quantitative estimate of drug-likeness (QED) is 0.0457. The Bertz CT molecular complexity index is 2760. The molecule has 0 saturated heterocycles. The third-order valence-corrected chi connectivity index (χ3v) is 11.4. The highest BCUT2D eigenvalue weighted by molar-refractivity contribution is 7.91. The van der Waals surface area contributed by atoms with Crippen molar-refractivity contribution >= 4 is 62.3 Å². The zero-order valence-corrected chi connectivity index (χ0v) is 35.1. The summed E-state index contributed by atoms with van der Waals surface area (Å²) in [5.74, 6) is -6.43. The summed E-state index contributed by atoms with van der Waals surface area (Å²) in [5.41, 5.74) is 1.43. The number of rotatable bonds is 17. The predicted molar refractivity (Wildman–Crippen MR) is 231 cm³/mol. The van der Waals surface area contributed by atoms with Gasteiger partial charge in [-0.05, 0) is 104 Å². The molecule has 0 bridgehead atoms. The largest absolute Gasteiger partial charge is 0.508 e. The maximum absolute atomic E-state index is 13.3. The van der Waals surface area contributed by atoms with Crippen molar-refractivity contribution in [3.8, 4) is 34.8 Å². The summed E-state index contributed by atoms with van der Waals surface area (Å²) in [6, 6.07) is 21.5. The number of benzene rings is 4. The molecule has 18 heteroatoms. The summed E-state index contributed by atoms with van der Waals surface area (Å²) < 4.78 is 37.1. The number of sulfone groups is 1. The molecule has 1 atom stereocenters. The number of phenols is 3. The van der Waals surface area contributed by atoms with Crippen LogP contribution in [0.2, 0.25) is 0 Å². The Balaban J connectivity index is 1.20. The number of methoxy groups -OCH3 is 2. The molecule has 0 spiro atoms. The number of phenolic OH excluding ortho intramolecular Hbond substituents is 3. The summed E-state index contributed by atoms with van der Waals surface area (Å²) in [4.78, 5) is 68.2. The van der Waals surface area contributed by atoms with E-state index >= 15 is 0 Å². The number of ketones is 2. The van der Waals surface area contributed by atoms with Gasteiger partial charge in [0.15, 0.2) is 44.4 Å². The molecular formula is C45H41N5O12S. The van der Waals surface area contributed by atoms with Crippen LogP contribution in [0, 0.1) is 17.2 Å². The van der Waals surface area contributed by atoms with E-state index in [1.54, 1.807) is 25.1 Å².